The van der Waals surface area contributed by atoms with Gasteiger partial charge in [-0.3, -0.25) is 0 Å². The van der Waals surface area contributed by atoms with Gasteiger partial charge in [-0.1, -0.05) is 17.3 Å². The van der Waals surface area contributed by atoms with Gasteiger partial charge in [-0.25, -0.2) is 4.79 Å². The number of rotatable bonds is 3. The quantitative estimate of drug-likeness (QED) is 0.782. The summed E-state index contributed by atoms with van der Waals surface area (Å²) in [6.45, 7) is 2.32. The van der Waals surface area contributed by atoms with Crippen molar-refractivity contribution in [2.75, 3.05) is 0 Å². The molecule has 1 N–H and O–H groups in total. The number of carboxylic acids is 1. The fourth-order valence-corrected chi connectivity index (χ4v) is 2.22. The molecule has 2 aromatic heterocycles. The van der Waals surface area contributed by atoms with E-state index in [9.17, 15) is 9.90 Å². The molecule has 0 aliphatic heterocycles. The highest BCUT2D eigenvalue weighted by atomic mass is 16.5. The Hall–Kier alpha value is -2.56. The Morgan fingerprint density at radius 1 is 1.42 bits per heavy atom. The zero-order chi connectivity index (χ0) is 13.4. The number of fused-ring (bicyclic) bond motifs is 1. The molecule has 0 bridgehead atoms. The molecule has 19 heavy (non-hydrogen) atoms. The summed E-state index contributed by atoms with van der Waals surface area (Å²) >= 11 is 0. The molecule has 1 aromatic carbocycles. The molecule has 0 fully saturated rings. The second kappa shape index (κ2) is 4.28. The molecule has 5 heteroatoms. The van der Waals surface area contributed by atoms with E-state index in [1.54, 1.807) is 12.1 Å². The predicted octanol–water partition coefficient (Wildman–Crippen LogP) is 2.68. The van der Waals surface area contributed by atoms with Gasteiger partial charge in [0.2, 0.25) is 0 Å². The number of hydrogen-bond acceptors (Lipinski definition) is 3. The van der Waals surface area contributed by atoms with Crippen molar-refractivity contribution in [1.82, 2.24) is 9.72 Å². The summed E-state index contributed by atoms with van der Waals surface area (Å²) in [6.07, 6.45) is 1.86. The summed E-state index contributed by atoms with van der Waals surface area (Å²) in [5.41, 5.74) is 1.80. The maximum absolute atomic E-state index is 11.3. The lowest BCUT2D eigenvalue weighted by molar-refractivity contribution is 0.0698. The van der Waals surface area contributed by atoms with E-state index >= 15 is 0 Å². The third-order valence-electron chi connectivity index (χ3n) is 3.02. The van der Waals surface area contributed by atoms with Crippen LogP contribution in [0.4, 0.5) is 0 Å². The van der Waals surface area contributed by atoms with Crippen LogP contribution in [-0.2, 0) is 6.54 Å². The Morgan fingerprint density at radius 3 is 2.95 bits per heavy atom. The van der Waals surface area contributed by atoms with Crippen molar-refractivity contribution in [1.29, 1.82) is 0 Å². The number of aryl methyl sites for hydroxylation is 1. The summed E-state index contributed by atoms with van der Waals surface area (Å²) in [4.78, 5) is 11.3. The lowest BCUT2D eigenvalue weighted by Crippen LogP contribution is -2.03. The van der Waals surface area contributed by atoms with Crippen molar-refractivity contribution < 1.29 is 14.4 Å². The van der Waals surface area contributed by atoms with Gasteiger partial charge in [0.05, 0.1) is 23.3 Å². The first-order valence-electron chi connectivity index (χ1n) is 5.88. The maximum atomic E-state index is 11.3. The number of nitrogens with zero attached hydrogens (tertiary/aromatic N) is 2. The van der Waals surface area contributed by atoms with Gasteiger partial charge in [0, 0.05) is 17.6 Å². The molecular weight excluding hydrogens is 244 g/mol. The van der Waals surface area contributed by atoms with Crippen LogP contribution in [0.3, 0.4) is 0 Å². The van der Waals surface area contributed by atoms with Crippen LogP contribution in [-0.4, -0.2) is 20.8 Å². The van der Waals surface area contributed by atoms with Crippen molar-refractivity contribution in [3.05, 3.63) is 53.5 Å². The molecule has 0 atom stereocenters. The van der Waals surface area contributed by atoms with Crippen LogP contribution in [0, 0.1) is 6.92 Å². The first kappa shape index (κ1) is 11.5. The molecule has 0 amide bonds. The van der Waals surface area contributed by atoms with Crippen molar-refractivity contribution >= 4 is 16.9 Å². The molecule has 3 aromatic rings. The van der Waals surface area contributed by atoms with Gasteiger partial charge in [-0.05, 0) is 19.1 Å². The average Bonchev–Trinajstić information content (AvgIpc) is 2.97. The normalized spacial score (nSPS) is 11.0. The molecule has 0 saturated heterocycles. The van der Waals surface area contributed by atoms with Gasteiger partial charge in [0.1, 0.15) is 0 Å². The number of aromatic carboxylic acids is 1. The van der Waals surface area contributed by atoms with E-state index in [-0.39, 0.29) is 0 Å². The molecule has 0 radical (unpaired) electrons. The average molecular weight is 256 g/mol. The molecule has 0 unspecified atom stereocenters. The molecule has 5 nitrogen and oxygen atoms in total. The third kappa shape index (κ3) is 1.99. The minimum absolute atomic E-state index is 0.290. The van der Waals surface area contributed by atoms with Gasteiger partial charge in [0.15, 0.2) is 5.76 Å². The first-order valence-corrected chi connectivity index (χ1v) is 5.88. The highest BCUT2D eigenvalue weighted by Crippen LogP contribution is 2.21. The van der Waals surface area contributed by atoms with E-state index < -0.39 is 5.97 Å². The van der Waals surface area contributed by atoms with Crippen molar-refractivity contribution in [2.45, 2.75) is 13.5 Å². The number of para-hydroxylation sites is 1. The van der Waals surface area contributed by atoms with Crippen LogP contribution in [0.1, 0.15) is 21.8 Å². The second-order valence-corrected chi connectivity index (χ2v) is 4.43. The molecule has 3 rings (SSSR count). The number of benzene rings is 1. The molecule has 0 spiro atoms. The smallest absolute Gasteiger partial charge is 0.337 e. The lowest BCUT2D eigenvalue weighted by atomic mass is 10.1. The Bertz CT molecular complexity index is 755. The van der Waals surface area contributed by atoms with E-state index in [2.05, 4.69) is 5.16 Å². The fourth-order valence-electron chi connectivity index (χ4n) is 2.22. The zero-order valence-electron chi connectivity index (χ0n) is 10.3. The highest BCUT2D eigenvalue weighted by Gasteiger charge is 2.13. The molecule has 2 heterocycles. The van der Waals surface area contributed by atoms with Crippen LogP contribution in [0.25, 0.3) is 10.9 Å². The highest BCUT2D eigenvalue weighted by molar-refractivity contribution is 6.02. The van der Waals surface area contributed by atoms with Gasteiger partial charge in [0.25, 0.3) is 0 Å². The van der Waals surface area contributed by atoms with E-state index in [1.165, 1.54) is 0 Å². The summed E-state index contributed by atoms with van der Waals surface area (Å²) in [5.74, 6) is -0.227. The number of carboxylic acid groups (broad SMARTS) is 1. The molecular formula is C14H12N2O3. The fraction of sp³-hybridized carbons (Fsp3) is 0.143. The van der Waals surface area contributed by atoms with Crippen molar-refractivity contribution in [2.24, 2.45) is 0 Å². The molecule has 0 saturated carbocycles. The Balaban J connectivity index is 2.11. The first-order chi connectivity index (χ1) is 9.15. The Kier molecular flexibility index (Phi) is 2.59. The SMILES string of the molecule is Cc1cc(Cn2ccc3cccc(C(=O)O)c32)on1. The Morgan fingerprint density at radius 2 is 2.26 bits per heavy atom. The minimum atomic E-state index is -0.931. The predicted molar refractivity (Wildman–Crippen MR) is 69.2 cm³/mol. The molecule has 0 aliphatic carbocycles. The molecule has 96 valence electrons. The van der Waals surface area contributed by atoms with Crippen LogP contribution in [0.15, 0.2) is 41.1 Å². The minimum Gasteiger partial charge on any atom is -0.478 e. The maximum Gasteiger partial charge on any atom is 0.337 e. The monoisotopic (exact) mass is 256 g/mol. The zero-order valence-corrected chi connectivity index (χ0v) is 10.3. The summed E-state index contributed by atoms with van der Waals surface area (Å²) < 4.78 is 7.03. The second-order valence-electron chi connectivity index (χ2n) is 4.43. The number of hydrogen-bond donors (Lipinski definition) is 1. The third-order valence-corrected chi connectivity index (χ3v) is 3.02. The number of carbonyl (C=O) groups is 1. The number of aromatic nitrogens is 2. The van der Waals surface area contributed by atoms with E-state index in [4.69, 9.17) is 4.52 Å². The van der Waals surface area contributed by atoms with Crippen LogP contribution in [0.5, 0.6) is 0 Å². The van der Waals surface area contributed by atoms with Crippen LogP contribution < -0.4 is 0 Å². The summed E-state index contributed by atoms with van der Waals surface area (Å²) in [7, 11) is 0. The largest absolute Gasteiger partial charge is 0.478 e. The van der Waals surface area contributed by atoms with Gasteiger partial charge < -0.3 is 14.2 Å². The molecule has 0 aliphatic rings. The van der Waals surface area contributed by atoms with Gasteiger partial charge >= 0.3 is 5.97 Å². The summed E-state index contributed by atoms with van der Waals surface area (Å²) in [5, 5.41) is 14.0. The van der Waals surface area contributed by atoms with Crippen LogP contribution >= 0.6 is 0 Å². The Labute approximate surface area is 109 Å². The van der Waals surface area contributed by atoms with Crippen LogP contribution in [0.2, 0.25) is 0 Å². The van der Waals surface area contributed by atoms with Crippen molar-refractivity contribution in [3.8, 4) is 0 Å². The van der Waals surface area contributed by atoms with E-state index in [1.807, 2.05) is 35.9 Å². The van der Waals surface area contributed by atoms with E-state index in [0.29, 0.717) is 23.4 Å². The lowest BCUT2D eigenvalue weighted by Gasteiger charge is -2.05. The van der Waals surface area contributed by atoms with E-state index in [0.717, 1.165) is 11.1 Å². The summed E-state index contributed by atoms with van der Waals surface area (Å²) in [6, 6.07) is 8.98. The van der Waals surface area contributed by atoms with Gasteiger partial charge in [-0.2, -0.15) is 0 Å². The topological polar surface area (TPSA) is 68.3 Å². The van der Waals surface area contributed by atoms with Gasteiger partial charge in [-0.15, -0.1) is 0 Å². The van der Waals surface area contributed by atoms with Crippen molar-refractivity contribution in [3.63, 3.8) is 0 Å². The standard InChI is InChI=1S/C14H12N2O3/c1-9-7-11(19-15-9)8-16-6-5-10-3-2-4-12(13(10)16)14(17)18/h2-7H,8H2,1H3,(H,17,18).